The lowest BCUT2D eigenvalue weighted by Gasteiger charge is -1.94. The van der Waals surface area contributed by atoms with E-state index >= 15 is 0 Å². The first kappa shape index (κ1) is 8.07. The number of hydrogen-bond donors (Lipinski definition) is 1. The number of hydrogen-bond acceptors (Lipinski definition) is 1. The Bertz CT molecular complexity index is 153. The van der Waals surface area contributed by atoms with Gasteiger partial charge in [0.2, 0.25) is 6.43 Å². The molecule has 0 bridgehead atoms. The van der Waals surface area contributed by atoms with Crippen LogP contribution in [0.25, 0.3) is 0 Å². The van der Waals surface area contributed by atoms with Crippen LogP contribution in [0.4, 0.5) is 8.78 Å². The predicted octanol–water partition coefficient (Wildman–Crippen LogP) is 0.510. The van der Waals surface area contributed by atoms with E-state index in [9.17, 15) is 13.0 Å². The Balaban J connectivity index is 2.19. The molecular formula is C5H9F2NOS. The summed E-state index contributed by atoms with van der Waals surface area (Å²) < 4.78 is 33.9. The zero-order chi connectivity index (χ0) is 7.72. The minimum absolute atomic E-state index is 0.0918. The second kappa shape index (κ2) is 2.92. The van der Waals surface area contributed by atoms with Crippen molar-refractivity contribution in [1.82, 2.24) is 0 Å². The highest BCUT2D eigenvalue weighted by Gasteiger charge is 2.44. The Morgan fingerprint density at radius 2 is 2.30 bits per heavy atom. The highest BCUT2D eigenvalue weighted by atomic mass is 32.2. The van der Waals surface area contributed by atoms with E-state index in [4.69, 9.17) is 5.14 Å². The maximum Gasteiger partial charge on any atom is 0.241 e. The molecule has 1 aliphatic rings. The van der Waals surface area contributed by atoms with Crippen LogP contribution in [0.15, 0.2) is 0 Å². The Morgan fingerprint density at radius 1 is 1.70 bits per heavy atom. The van der Waals surface area contributed by atoms with Crippen molar-refractivity contribution in [3.05, 3.63) is 0 Å². The van der Waals surface area contributed by atoms with Crippen LogP contribution in [-0.4, -0.2) is 16.4 Å². The van der Waals surface area contributed by atoms with Gasteiger partial charge in [-0.15, -0.1) is 0 Å². The minimum atomic E-state index is -2.26. The standard InChI is InChI=1S/C5H9F2NOS/c6-5(7)4-1-3(4)2-10(8)9/h3-5H,1-2,8H2/t3-,4-,10?/m1/s1. The van der Waals surface area contributed by atoms with E-state index in [1.54, 1.807) is 0 Å². The SMILES string of the molecule is NS(=O)C[C@H]1C[C@H]1C(F)F. The molecule has 10 heavy (non-hydrogen) atoms. The van der Waals surface area contributed by atoms with E-state index in [1.807, 2.05) is 0 Å². The topological polar surface area (TPSA) is 43.1 Å². The van der Waals surface area contributed by atoms with Crippen molar-refractivity contribution < 1.29 is 13.0 Å². The maximum atomic E-state index is 11.8. The Kier molecular flexibility index (Phi) is 2.36. The van der Waals surface area contributed by atoms with E-state index in [-0.39, 0.29) is 11.7 Å². The molecule has 0 saturated heterocycles. The molecule has 1 unspecified atom stereocenters. The normalized spacial score (nSPS) is 34.4. The van der Waals surface area contributed by atoms with Gasteiger partial charge in [-0.25, -0.2) is 13.0 Å². The fourth-order valence-electron chi connectivity index (χ4n) is 0.982. The lowest BCUT2D eigenvalue weighted by Crippen LogP contribution is -2.11. The molecule has 3 atom stereocenters. The molecule has 1 saturated carbocycles. The molecule has 2 N–H and O–H groups in total. The second-order valence-electron chi connectivity index (χ2n) is 2.54. The van der Waals surface area contributed by atoms with Crippen molar-refractivity contribution in [3.8, 4) is 0 Å². The summed E-state index contributed by atoms with van der Waals surface area (Å²) >= 11 is 0. The lowest BCUT2D eigenvalue weighted by atomic mass is 10.4. The van der Waals surface area contributed by atoms with Gasteiger partial charge in [0, 0.05) is 11.7 Å². The second-order valence-corrected chi connectivity index (χ2v) is 3.64. The van der Waals surface area contributed by atoms with Crippen molar-refractivity contribution in [2.45, 2.75) is 12.8 Å². The smallest absolute Gasteiger partial charge is 0.241 e. The van der Waals surface area contributed by atoms with Gasteiger partial charge >= 0.3 is 0 Å². The van der Waals surface area contributed by atoms with E-state index in [2.05, 4.69) is 0 Å². The van der Waals surface area contributed by atoms with Crippen molar-refractivity contribution in [2.24, 2.45) is 17.0 Å². The highest BCUT2D eigenvalue weighted by Crippen LogP contribution is 2.43. The summed E-state index contributed by atoms with van der Waals surface area (Å²) in [6.07, 6.45) is -1.77. The van der Waals surface area contributed by atoms with E-state index in [1.165, 1.54) is 0 Å². The van der Waals surface area contributed by atoms with Crippen LogP contribution in [0.1, 0.15) is 6.42 Å². The monoisotopic (exact) mass is 169 g/mol. The average Bonchev–Trinajstić information content (AvgIpc) is 2.43. The zero-order valence-electron chi connectivity index (χ0n) is 5.30. The van der Waals surface area contributed by atoms with Gasteiger partial charge in [-0.1, -0.05) is 0 Å². The van der Waals surface area contributed by atoms with Crippen LogP contribution in [0.3, 0.4) is 0 Å². The Labute approximate surface area is 60.4 Å². The first-order valence-corrected chi connectivity index (χ1v) is 4.40. The molecule has 0 aromatic carbocycles. The molecule has 2 nitrogen and oxygen atoms in total. The van der Waals surface area contributed by atoms with Crippen molar-refractivity contribution in [1.29, 1.82) is 0 Å². The van der Waals surface area contributed by atoms with Gasteiger partial charge in [-0.2, -0.15) is 0 Å². The molecule has 0 aromatic heterocycles. The molecule has 60 valence electrons. The molecule has 0 aromatic rings. The summed E-state index contributed by atoms with van der Waals surface area (Å²) in [4.78, 5) is 0. The van der Waals surface area contributed by atoms with Gasteiger partial charge in [-0.05, 0) is 12.3 Å². The maximum absolute atomic E-state index is 11.8. The molecule has 0 aliphatic heterocycles. The zero-order valence-corrected chi connectivity index (χ0v) is 6.11. The highest BCUT2D eigenvalue weighted by molar-refractivity contribution is 7.82. The average molecular weight is 169 g/mol. The molecule has 0 spiro atoms. The molecular weight excluding hydrogens is 160 g/mol. The molecule has 0 amide bonds. The van der Waals surface area contributed by atoms with Gasteiger partial charge in [0.25, 0.3) is 0 Å². The third kappa shape index (κ3) is 1.98. The Morgan fingerprint density at radius 3 is 2.60 bits per heavy atom. The van der Waals surface area contributed by atoms with Crippen LogP contribution in [0, 0.1) is 11.8 Å². The summed E-state index contributed by atoms with van der Waals surface area (Å²) in [5, 5.41) is 4.92. The lowest BCUT2D eigenvalue weighted by molar-refractivity contribution is 0.117. The van der Waals surface area contributed by atoms with Gasteiger partial charge in [0.05, 0.1) is 11.0 Å². The van der Waals surface area contributed by atoms with Crippen molar-refractivity contribution in [3.63, 3.8) is 0 Å². The van der Waals surface area contributed by atoms with Crippen LogP contribution in [0.2, 0.25) is 0 Å². The number of rotatable bonds is 3. The fourth-order valence-corrected chi connectivity index (χ4v) is 1.79. The summed E-state index contributed by atoms with van der Waals surface area (Å²) in [6.45, 7) is 0. The molecule has 1 rings (SSSR count). The molecule has 1 fully saturated rings. The van der Waals surface area contributed by atoms with E-state index in [0.29, 0.717) is 6.42 Å². The minimum Gasteiger partial charge on any atom is -0.252 e. The molecule has 1 aliphatic carbocycles. The molecule has 0 heterocycles. The third-order valence-electron chi connectivity index (χ3n) is 1.68. The van der Waals surface area contributed by atoms with Crippen LogP contribution >= 0.6 is 0 Å². The number of alkyl halides is 2. The summed E-state index contributed by atoms with van der Waals surface area (Å²) in [5.41, 5.74) is 0. The molecule has 5 heteroatoms. The summed E-state index contributed by atoms with van der Waals surface area (Å²) in [7, 11) is -1.40. The van der Waals surface area contributed by atoms with Gasteiger partial charge in [0.15, 0.2) is 0 Å². The first-order valence-electron chi connectivity index (χ1n) is 3.02. The van der Waals surface area contributed by atoms with Gasteiger partial charge in [0.1, 0.15) is 0 Å². The van der Waals surface area contributed by atoms with E-state index in [0.717, 1.165) is 0 Å². The quantitative estimate of drug-likeness (QED) is 0.657. The van der Waals surface area contributed by atoms with Crippen molar-refractivity contribution >= 4 is 11.0 Å². The first-order chi connectivity index (χ1) is 4.61. The van der Waals surface area contributed by atoms with Crippen LogP contribution in [-0.2, 0) is 11.0 Å². The number of halogens is 2. The van der Waals surface area contributed by atoms with Gasteiger partial charge in [-0.3, -0.25) is 5.14 Å². The number of nitrogens with two attached hydrogens (primary N) is 1. The molecule has 0 radical (unpaired) electrons. The van der Waals surface area contributed by atoms with Crippen LogP contribution in [0.5, 0.6) is 0 Å². The van der Waals surface area contributed by atoms with Crippen molar-refractivity contribution in [2.75, 3.05) is 5.75 Å². The van der Waals surface area contributed by atoms with E-state index < -0.39 is 23.3 Å². The Hall–Kier alpha value is -0.0300. The fraction of sp³-hybridized carbons (Fsp3) is 1.00. The largest absolute Gasteiger partial charge is 0.252 e. The van der Waals surface area contributed by atoms with Gasteiger partial charge < -0.3 is 0 Å². The third-order valence-corrected chi connectivity index (χ3v) is 2.44. The predicted molar refractivity (Wildman–Crippen MR) is 34.8 cm³/mol. The summed E-state index contributed by atoms with van der Waals surface area (Å²) in [6, 6.07) is 0. The summed E-state index contributed by atoms with van der Waals surface area (Å²) in [5.74, 6) is -0.395. The van der Waals surface area contributed by atoms with Crippen LogP contribution < -0.4 is 5.14 Å².